The zero-order valence-electron chi connectivity index (χ0n) is 20.4. The molecule has 1 aliphatic heterocycles. The molecule has 4 N–H and O–H groups in total. The number of hydrogen-bond donors (Lipinski definition) is 4. The second-order valence-electron chi connectivity index (χ2n) is 8.57. The van der Waals surface area contributed by atoms with Gasteiger partial charge in [-0.3, -0.25) is 0 Å². The molecule has 4 rings (SSSR count). The Bertz CT molecular complexity index is 1160. The van der Waals surface area contributed by atoms with Gasteiger partial charge >= 0.3 is 0 Å². The van der Waals surface area contributed by atoms with Crippen molar-refractivity contribution in [1.82, 2.24) is 0 Å². The molecule has 5 atom stereocenters. The summed E-state index contributed by atoms with van der Waals surface area (Å²) in [4.78, 5) is 0. The van der Waals surface area contributed by atoms with Crippen molar-refractivity contribution < 1.29 is 48.5 Å². The van der Waals surface area contributed by atoms with Crippen LogP contribution in [0.3, 0.4) is 0 Å². The summed E-state index contributed by atoms with van der Waals surface area (Å²) >= 11 is 0. The lowest BCUT2D eigenvalue weighted by molar-refractivity contribution is -0.301. The highest BCUT2D eigenvalue weighted by Gasteiger charge is 2.43. The lowest BCUT2D eigenvalue weighted by Crippen LogP contribution is -2.59. The van der Waals surface area contributed by atoms with Gasteiger partial charge in [-0.2, -0.15) is 0 Å². The Kier molecular flexibility index (Phi) is 8.35. The highest BCUT2D eigenvalue weighted by atomic mass is 16.7. The third kappa shape index (κ3) is 5.29. The Morgan fingerprint density at radius 3 is 2.28 bits per heavy atom. The number of aliphatic hydroxyl groups is 4. The van der Waals surface area contributed by atoms with E-state index in [1.807, 2.05) is 36.4 Å². The highest BCUT2D eigenvalue weighted by molar-refractivity contribution is 5.88. The van der Waals surface area contributed by atoms with E-state index in [1.165, 1.54) is 0 Å². The minimum Gasteiger partial charge on any atom is -0.493 e. The van der Waals surface area contributed by atoms with Crippen LogP contribution in [0.1, 0.15) is 12.0 Å². The second kappa shape index (κ2) is 11.5. The predicted molar refractivity (Wildman–Crippen MR) is 129 cm³/mol. The van der Waals surface area contributed by atoms with Crippen LogP contribution >= 0.6 is 0 Å². The molecular weight excluding hydrogens is 472 g/mol. The van der Waals surface area contributed by atoms with Crippen LogP contribution < -0.4 is 14.2 Å². The van der Waals surface area contributed by atoms with Gasteiger partial charge in [-0.15, -0.1) is 0 Å². The van der Waals surface area contributed by atoms with E-state index < -0.39 is 37.3 Å². The Morgan fingerprint density at radius 2 is 1.58 bits per heavy atom. The van der Waals surface area contributed by atoms with Crippen LogP contribution in [-0.4, -0.2) is 85.7 Å². The maximum atomic E-state index is 10.1. The summed E-state index contributed by atoms with van der Waals surface area (Å²) in [6.45, 7) is -0.272. The van der Waals surface area contributed by atoms with Gasteiger partial charge in [-0.1, -0.05) is 0 Å². The average Bonchev–Trinajstić information content (AvgIpc) is 3.34. The van der Waals surface area contributed by atoms with Crippen LogP contribution in [0.4, 0.5) is 0 Å². The molecule has 0 radical (unpaired) electrons. The molecule has 0 aliphatic carbocycles. The maximum Gasteiger partial charge on any atom is 0.186 e. The normalized spacial score (nSPS) is 24.1. The van der Waals surface area contributed by atoms with Gasteiger partial charge in [0, 0.05) is 10.9 Å². The molecule has 0 spiro atoms. The topological polar surface area (TPSA) is 140 Å². The summed E-state index contributed by atoms with van der Waals surface area (Å²) in [6, 6.07) is 11.4. The molecule has 1 aromatic heterocycles. The summed E-state index contributed by atoms with van der Waals surface area (Å²) in [7, 11) is 4.75. The first-order valence-corrected chi connectivity index (χ1v) is 11.6. The van der Waals surface area contributed by atoms with Crippen molar-refractivity contribution in [3.05, 3.63) is 42.0 Å². The largest absolute Gasteiger partial charge is 0.493 e. The van der Waals surface area contributed by atoms with Gasteiger partial charge in [0.15, 0.2) is 29.1 Å². The molecule has 36 heavy (non-hydrogen) atoms. The van der Waals surface area contributed by atoms with Gasteiger partial charge in [-0.25, -0.2) is 0 Å². The highest BCUT2D eigenvalue weighted by Crippen LogP contribution is 2.38. The molecule has 10 heteroatoms. The first kappa shape index (κ1) is 26.2. The SMILES string of the molecule is COc1ccc(-c2cc3cc(CCCO[C@H]4O[C@@H](CO)[C@H](O)[C@@H](O)[C@@H]4O)cc(OC)c3o2)cc1OC. The van der Waals surface area contributed by atoms with Gasteiger partial charge in [0.1, 0.15) is 30.2 Å². The van der Waals surface area contributed by atoms with E-state index >= 15 is 0 Å². The molecular formula is C26H32O10. The van der Waals surface area contributed by atoms with Crippen LogP contribution in [0.5, 0.6) is 17.2 Å². The van der Waals surface area contributed by atoms with E-state index in [0.29, 0.717) is 41.4 Å². The summed E-state index contributed by atoms with van der Waals surface area (Å²) in [5.41, 5.74) is 2.46. The predicted octanol–water partition coefficient (Wildman–Crippen LogP) is 1.87. The van der Waals surface area contributed by atoms with Crippen molar-refractivity contribution in [2.45, 2.75) is 43.5 Å². The molecule has 0 amide bonds. The Hall–Kier alpha value is -2.86. The van der Waals surface area contributed by atoms with Gasteiger partial charge in [0.25, 0.3) is 0 Å². The fourth-order valence-electron chi connectivity index (χ4n) is 4.29. The quantitative estimate of drug-likeness (QED) is 0.303. The van der Waals surface area contributed by atoms with Gasteiger partial charge < -0.3 is 48.5 Å². The molecule has 196 valence electrons. The van der Waals surface area contributed by atoms with E-state index in [0.717, 1.165) is 16.5 Å². The van der Waals surface area contributed by atoms with E-state index in [-0.39, 0.29) is 6.61 Å². The molecule has 0 unspecified atom stereocenters. The van der Waals surface area contributed by atoms with Crippen molar-refractivity contribution in [2.75, 3.05) is 34.5 Å². The fourth-order valence-corrected chi connectivity index (χ4v) is 4.29. The van der Waals surface area contributed by atoms with Crippen LogP contribution in [0.15, 0.2) is 40.8 Å². The number of aliphatic hydroxyl groups excluding tert-OH is 4. The summed E-state index contributed by atoms with van der Waals surface area (Å²) in [5.74, 6) is 2.49. The molecule has 2 aromatic carbocycles. The first-order valence-electron chi connectivity index (χ1n) is 11.6. The van der Waals surface area contributed by atoms with Crippen molar-refractivity contribution in [1.29, 1.82) is 0 Å². The first-order chi connectivity index (χ1) is 17.4. The molecule has 1 fully saturated rings. The molecule has 0 saturated carbocycles. The van der Waals surface area contributed by atoms with E-state index in [4.69, 9.17) is 28.1 Å². The van der Waals surface area contributed by atoms with Crippen molar-refractivity contribution in [2.24, 2.45) is 0 Å². The van der Waals surface area contributed by atoms with E-state index in [9.17, 15) is 20.4 Å². The number of methoxy groups -OCH3 is 3. The number of furan rings is 1. The van der Waals surface area contributed by atoms with Crippen LogP contribution in [-0.2, 0) is 15.9 Å². The number of rotatable bonds is 10. The Labute approximate surface area is 208 Å². The standard InChI is InChI=1S/C26H32O10/c1-31-17-7-6-15(11-19(17)32-2)18-12-16-9-14(10-20(33-3)25(16)35-18)5-4-8-34-26-24(30)23(29)22(28)21(13-27)36-26/h6-7,9-12,21-24,26-30H,4-5,8,13H2,1-3H3/t21-,22-,23+,24-,26-/m0/s1. The summed E-state index contributed by atoms with van der Waals surface area (Å²) < 4.78 is 33.3. The van der Waals surface area contributed by atoms with E-state index in [1.54, 1.807) is 21.3 Å². The second-order valence-corrected chi connectivity index (χ2v) is 8.57. The van der Waals surface area contributed by atoms with Crippen molar-refractivity contribution >= 4 is 11.0 Å². The lowest BCUT2D eigenvalue weighted by Gasteiger charge is -2.39. The summed E-state index contributed by atoms with van der Waals surface area (Å²) in [6.07, 6.45) is -5.21. The van der Waals surface area contributed by atoms with E-state index in [2.05, 4.69) is 0 Å². The van der Waals surface area contributed by atoms with Crippen molar-refractivity contribution in [3.8, 4) is 28.6 Å². The molecule has 1 aliphatic rings. The fraction of sp³-hybridized carbons (Fsp3) is 0.462. The molecule has 2 heterocycles. The number of benzene rings is 2. The number of ether oxygens (including phenoxy) is 5. The van der Waals surface area contributed by atoms with Gasteiger partial charge in [0.2, 0.25) is 0 Å². The molecule has 1 saturated heterocycles. The Balaban J connectivity index is 1.44. The minimum absolute atomic E-state index is 0.228. The molecule has 3 aromatic rings. The Morgan fingerprint density at radius 1 is 0.833 bits per heavy atom. The molecule has 10 nitrogen and oxygen atoms in total. The van der Waals surface area contributed by atoms with Gasteiger partial charge in [0.05, 0.1) is 34.5 Å². The van der Waals surface area contributed by atoms with Gasteiger partial charge in [-0.05, 0) is 54.8 Å². The summed E-state index contributed by atoms with van der Waals surface area (Å²) in [5, 5.41) is 40.0. The maximum absolute atomic E-state index is 10.1. The molecule has 0 bridgehead atoms. The van der Waals surface area contributed by atoms with Crippen LogP contribution in [0, 0.1) is 0 Å². The zero-order chi connectivity index (χ0) is 25.8. The lowest BCUT2D eigenvalue weighted by atomic mass is 9.99. The monoisotopic (exact) mass is 504 g/mol. The third-order valence-corrected chi connectivity index (χ3v) is 6.27. The zero-order valence-corrected chi connectivity index (χ0v) is 20.4. The third-order valence-electron chi connectivity index (χ3n) is 6.27. The number of fused-ring (bicyclic) bond motifs is 1. The van der Waals surface area contributed by atoms with Crippen LogP contribution in [0.2, 0.25) is 0 Å². The minimum atomic E-state index is -1.46. The number of hydrogen-bond acceptors (Lipinski definition) is 10. The smallest absolute Gasteiger partial charge is 0.186 e. The average molecular weight is 505 g/mol. The van der Waals surface area contributed by atoms with Crippen molar-refractivity contribution in [3.63, 3.8) is 0 Å². The number of aryl methyl sites for hydroxylation is 1. The van der Waals surface area contributed by atoms with Crippen LogP contribution in [0.25, 0.3) is 22.3 Å².